The molecule has 1 heterocycles. The van der Waals surface area contributed by atoms with Crippen molar-refractivity contribution in [1.82, 2.24) is 5.32 Å². The van der Waals surface area contributed by atoms with Crippen LogP contribution in [-0.2, 0) is 4.79 Å². The van der Waals surface area contributed by atoms with Crippen LogP contribution in [0.25, 0.3) is 0 Å². The lowest BCUT2D eigenvalue weighted by Gasteiger charge is -2.22. The number of hydrogen-bond acceptors (Lipinski definition) is 3. The number of rotatable bonds is 6. The maximum absolute atomic E-state index is 12.2. The molecule has 2 aromatic rings. The van der Waals surface area contributed by atoms with Crippen LogP contribution in [0.5, 0.6) is 0 Å². The van der Waals surface area contributed by atoms with E-state index in [0.29, 0.717) is 23.7 Å². The fourth-order valence-corrected chi connectivity index (χ4v) is 3.22. The molecule has 2 aromatic carbocycles. The van der Waals surface area contributed by atoms with E-state index < -0.39 is 0 Å². The third kappa shape index (κ3) is 6.42. The van der Waals surface area contributed by atoms with Crippen molar-refractivity contribution < 1.29 is 9.59 Å². The second kappa shape index (κ2) is 9.73. The van der Waals surface area contributed by atoms with Crippen LogP contribution in [0.4, 0.5) is 21.9 Å². The van der Waals surface area contributed by atoms with Gasteiger partial charge in [0.05, 0.1) is 0 Å². The highest BCUT2D eigenvalue weighted by Gasteiger charge is 2.14. The van der Waals surface area contributed by atoms with Crippen molar-refractivity contribution in [1.29, 1.82) is 0 Å². The number of anilines is 3. The molecular weight excluding hydrogens is 340 g/mol. The number of hydrogen-bond donors (Lipinski definition) is 4. The molecule has 0 spiro atoms. The van der Waals surface area contributed by atoms with Crippen LogP contribution in [0, 0.1) is 5.92 Å². The van der Waals surface area contributed by atoms with E-state index in [2.05, 4.69) is 21.3 Å². The second-order valence-corrected chi connectivity index (χ2v) is 6.81. The summed E-state index contributed by atoms with van der Waals surface area (Å²) in [5, 5.41) is 11.8. The van der Waals surface area contributed by atoms with E-state index in [1.807, 2.05) is 36.4 Å². The third-order valence-corrected chi connectivity index (χ3v) is 4.67. The van der Waals surface area contributed by atoms with Gasteiger partial charge >= 0.3 is 6.03 Å². The molecule has 3 rings (SSSR count). The monoisotopic (exact) mass is 366 g/mol. The Kier molecular flexibility index (Phi) is 6.82. The highest BCUT2D eigenvalue weighted by atomic mass is 16.2. The lowest BCUT2D eigenvalue weighted by molar-refractivity contribution is -0.116. The molecule has 0 atom stereocenters. The smallest absolute Gasteiger partial charge is 0.323 e. The topological polar surface area (TPSA) is 82.3 Å². The lowest BCUT2D eigenvalue weighted by Crippen LogP contribution is -2.28. The van der Waals surface area contributed by atoms with Gasteiger partial charge in [-0.15, -0.1) is 0 Å². The highest BCUT2D eigenvalue weighted by Crippen LogP contribution is 2.19. The summed E-state index contributed by atoms with van der Waals surface area (Å²) in [4.78, 5) is 24.3. The first-order valence-corrected chi connectivity index (χ1v) is 9.43. The summed E-state index contributed by atoms with van der Waals surface area (Å²) in [5.74, 6) is 0.645. The van der Waals surface area contributed by atoms with E-state index in [0.717, 1.165) is 38.0 Å². The van der Waals surface area contributed by atoms with E-state index in [-0.39, 0.29) is 11.9 Å². The minimum atomic E-state index is -0.324. The van der Waals surface area contributed by atoms with Crippen LogP contribution >= 0.6 is 0 Å². The van der Waals surface area contributed by atoms with Gasteiger partial charge in [0.15, 0.2) is 0 Å². The van der Waals surface area contributed by atoms with Crippen molar-refractivity contribution in [2.45, 2.75) is 25.7 Å². The number of piperidine rings is 1. The molecule has 6 heteroatoms. The number of urea groups is 1. The Bertz CT molecular complexity index is 758. The van der Waals surface area contributed by atoms with Crippen molar-refractivity contribution in [3.05, 3.63) is 54.6 Å². The molecule has 6 nitrogen and oxygen atoms in total. The summed E-state index contributed by atoms with van der Waals surface area (Å²) in [6, 6.07) is 16.1. The molecule has 4 N–H and O–H groups in total. The molecule has 27 heavy (non-hydrogen) atoms. The first-order chi connectivity index (χ1) is 13.2. The number of carbonyl (C=O) groups excluding carboxylic acids is 2. The third-order valence-electron chi connectivity index (χ3n) is 4.67. The van der Waals surface area contributed by atoms with Crippen molar-refractivity contribution >= 4 is 29.0 Å². The summed E-state index contributed by atoms with van der Waals surface area (Å²) in [6.45, 7) is 2.09. The van der Waals surface area contributed by atoms with E-state index >= 15 is 0 Å². The Balaban J connectivity index is 1.47. The molecule has 0 radical (unpaired) electrons. The average molecular weight is 366 g/mol. The number of carbonyl (C=O) groups is 2. The van der Waals surface area contributed by atoms with Gasteiger partial charge in [0.2, 0.25) is 5.91 Å². The van der Waals surface area contributed by atoms with Crippen LogP contribution in [0.3, 0.4) is 0 Å². The second-order valence-electron chi connectivity index (χ2n) is 6.81. The normalized spacial score (nSPS) is 14.4. The summed E-state index contributed by atoms with van der Waals surface area (Å²) in [6.07, 6.45) is 3.73. The molecule has 0 aliphatic carbocycles. The molecule has 1 aliphatic rings. The van der Waals surface area contributed by atoms with E-state index in [1.54, 1.807) is 18.2 Å². The Hall–Kier alpha value is -2.86. The molecule has 1 aliphatic heterocycles. The first-order valence-electron chi connectivity index (χ1n) is 9.43. The van der Waals surface area contributed by atoms with Crippen LogP contribution in [0.1, 0.15) is 25.7 Å². The van der Waals surface area contributed by atoms with Crippen LogP contribution in [0.2, 0.25) is 0 Å². The Morgan fingerprint density at radius 3 is 2.22 bits per heavy atom. The fourth-order valence-electron chi connectivity index (χ4n) is 3.22. The van der Waals surface area contributed by atoms with Gasteiger partial charge in [0.25, 0.3) is 0 Å². The highest BCUT2D eigenvalue weighted by molar-refractivity contribution is 6.00. The minimum Gasteiger partial charge on any atom is -0.326 e. The Labute approximate surface area is 159 Å². The fraction of sp³-hybridized carbons (Fsp3) is 0.333. The molecular formula is C21H26N4O2. The molecule has 1 fully saturated rings. The number of nitrogens with one attached hydrogen (secondary N) is 4. The first kappa shape index (κ1) is 18.9. The van der Waals surface area contributed by atoms with Crippen molar-refractivity contribution in [3.63, 3.8) is 0 Å². The molecule has 0 aromatic heterocycles. The van der Waals surface area contributed by atoms with Crippen molar-refractivity contribution in [3.8, 4) is 0 Å². The number of benzene rings is 2. The maximum atomic E-state index is 12.2. The zero-order valence-electron chi connectivity index (χ0n) is 15.3. The molecule has 142 valence electrons. The van der Waals surface area contributed by atoms with Gasteiger partial charge in [-0.2, -0.15) is 0 Å². The molecule has 0 bridgehead atoms. The molecule has 0 saturated carbocycles. The van der Waals surface area contributed by atoms with Gasteiger partial charge < -0.3 is 21.3 Å². The standard InChI is InChI=1S/C21H26N4O2/c26-20(10-9-16-11-13-22-14-12-16)23-18-7-4-8-19(15-18)25-21(27)24-17-5-2-1-3-6-17/h1-8,15-16,22H,9-14H2,(H,23,26)(H2,24,25,27). The van der Waals surface area contributed by atoms with Crippen LogP contribution < -0.4 is 21.3 Å². The zero-order valence-corrected chi connectivity index (χ0v) is 15.3. The van der Waals surface area contributed by atoms with E-state index in [4.69, 9.17) is 0 Å². The summed E-state index contributed by atoms with van der Waals surface area (Å²) >= 11 is 0. The SMILES string of the molecule is O=C(CCC1CCNCC1)Nc1cccc(NC(=O)Nc2ccccc2)c1. The molecule has 3 amide bonds. The summed E-state index contributed by atoms with van der Waals surface area (Å²) in [5.41, 5.74) is 2.03. The maximum Gasteiger partial charge on any atom is 0.323 e. The van der Waals surface area contributed by atoms with E-state index in [9.17, 15) is 9.59 Å². The lowest BCUT2D eigenvalue weighted by atomic mass is 9.93. The Morgan fingerprint density at radius 1 is 0.852 bits per heavy atom. The van der Waals surface area contributed by atoms with Gasteiger partial charge in [-0.3, -0.25) is 4.79 Å². The zero-order chi connectivity index (χ0) is 18.9. The summed E-state index contributed by atoms with van der Waals surface area (Å²) in [7, 11) is 0. The Morgan fingerprint density at radius 2 is 1.48 bits per heavy atom. The van der Waals surface area contributed by atoms with Gasteiger partial charge in [-0.05, 0) is 68.6 Å². The van der Waals surface area contributed by atoms with Crippen molar-refractivity contribution in [2.24, 2.45) is 5.92 Å². The van der Waals surface area contributed by atoms with Crippen molar-refractivity contribution in [2.75, 3.05) is 29.0 Å². The van der Waals surface area contributed by atoms with Gasteiger partial charge in [0, 0.05) is 23.5 Å². The van der Waals surface area contributed by atoms with E-state index in [1.165, 1.54) is 0 Å². The average Bonchev–Trinajstić information content (AvgIpc) is 2.68. The van der Waals surface area contributed by atoms with Gasteiger partial charge in [0.1, 0.15) is 0 Å². The predicted molar refractivity (Wildman–Crippen MR) is 109 cm³/mol. The largest absolute Gasteiger partial charge is 0.326 e. The minimum absolute atomic E-state index is 0.0134. The van der Waals surface area contributed by atoms with Crippen LogP contribution in [-0.4, -0.2) is 25.0 Å². The quantitative estimate of drug-likeness (QED) is 0.622. The predicted octanol–water partition coefficient (Wildman–Crippen LogP) is 4.05. The molecule has 0 unspecified atom stereocenters. The van der Waals surface area contributed by atoms with Crippen LogP contribution in [0.15, 0.2) is 54.6 Å². The molecule has 1 saturated heterocycles. The number of para-hydroxylation sites is 1. The summed E-state index contributed by atoms with van der Waals surface area (Å²) < 4.78 is 0. The van der Waals surface area contributed by atoms with Gasteiger partial charge in [-0.1, -0.05) is 24.3 Å². The van der Waals surface area contributed by atoms with Gasteiger partial charge in [-0.25, -0.2) is 4.79 Å². The number of amides is 3.